The number of phenolic OH excluding ortho intramolecular Hbond substituents is 1. The SMILES string of the molecule is CCOC(=O)c1ccc(N(CCC(=O)CN)C(C)=O)cc1.O=[N+]([O-])c1cc([N+](=O)[O-])c(O)c([N+](=O)[O-])c1. The highest BCUT2D eigenvalue weighted by Crippen LogP contribution is 2.38. The number of ketones is 1. The van der Waals surface area contributed by atoms with Crippen LogP contribution in [-0.2, 0) is 14.3 Å². The van der Waals surface area contributed by atoms with Crippen LogP contribution in [0.15, 0.2) is 36.4 Å². The van der Waals surface area contributed by atoms with Crippen molar-refractivity contribution in [2.75, 3.05) is 24.6 Å². The van der Waals surface area contributed by atoms with Gasteiger partial charge in [0.15, 0.2) is 0 Å². The Bertz CT molecular complexity index is 1160. The molecule has 0 heterocycles. The Morgan fingerprint density at radius 3 is 1.86 bits per heavy atom. The lowest BCUT2D eigenvalue weighted by atomic mass is 10.2. The number of carbonyl (C=O) groups excluding carboxylic acids is 3. The molecule has 16 nitrogen and oxygen atoms in total. The molecule has 0 aliphatic carbocycles. The quantitative estimate of drug-likeness (QED) is 0.260. The largest absolute Gasteiger partial charge is 0.497 e. The van der Waals surface area contributed by atoms with Crippen LogP contribution in [0.3, 0.4) is 0 Å². The molecule has 2 aromatic rings. The van der Waals surface area contributed by atoms with Gasteiger partial charge < -0.3 is 20.5 Å². The van der Waals surface area contributed by atoms with Crippen molar-refractivity contribution in [3.8, 4) is 5.75 Å². The van der Waals surface area contributed by atoms with E-state index in [1.165, 1.54) is 11.8 Å². The average Bonchev–Trinajstić information content (AvgIpc) is 2.84. The van der Waals surface area contributed by atoms with Gasteiger partial charge in [-0.1, -0.05) is 0 Å². The number of esters is 1. The van der Waals surface area contributed by atoms with E-state index in [0.29, 0.717) is 30.0 Å². The average molecular weight is 521 g/mol. The van der Waals surface area contributed by atoms with Crippen LogP contribution in [0, 0.1) is 30.3 Å². The lowest BCUT2D eigenvalue weighted by molar-refractivity contribution is -0.404. The Morgan fingerprint density at radius 2 is 1.49 bits per heavy atom. The second-order valence-electron chi connectivity index (χ2n) is 7.03. The predicted molar refractivity (Wildman–Crippen MR) is 127 cm³/mol. The van der Waals surface area contributed by atoms with Crippen molar-refractivity contribution in [3.63, 3.8) is 0 Å². The molecular formula is C21H23N5O11. The fourth-order valence-corrected chi connectivity index (χ4v) is 2.77. The zero-order valence-electron chi connectivity index (χ0n) is 19.7. The van der Waals surface area contributed by atoms with Crippen molar-refractivity contribution in [2.24, 2.45) is 5.73 Å². The summed E-state index contributed by atoms with van der Waals surface area (Å²) in [5.74, 6) is -1.90. The smallest absolute Gasteiger partial charge is 0.338 e. The summed E-state index contributed by atoms with van der Waals surface area (Å²) in [4.78, 5) is 63.7. The van der Waals surface area contributed by atoms with E-state index in [9.17, 15) is 44.7 Å². The van der Waals surface area contributed by atoms with Gasteiger partial charge in [-0.15, -0.1) is 0 Å². The number of hydrogen-bond donors (Lipinski definition) is 2. The van der Waals surface area contributed by atoms with Gasteiger partial charge in [-0.3, -0.25) is 39.9 Å². The molecule has 0 fully saturated rings. The summed E-state index contributed by atoms with van der Waals surface area (Å²) in [6, 6.07) is 7.38. The Labute approximate surface area is 208 Å². The lowest BCUT2D eigenvalue weighted by Gasteiger charge is -2.21. The van der Waals surface area contributed by atoms with Crippen molar-refractivity contribution in [3.05, 3.63) is 72.3 Å². The van der Waals surface area contributed by atoms with Crippen LogP contribution in [0.4, 0.5) is 22.7 Å². The molecule has 0 saturated heterocycles. The predicted octanol–water partition coefficient (Wildman–Crippen LogP) is 2.25. The molecule has 0 aromatic heterocycles. The normalized spacial score (nSPS) is 9.92. The van der Waals surface area contributed by atoms with Crippen LogP contribution in [0.2, 0.25) is 0 Å². The molecular weight excluding hydrogens is 498 g/mol. The third-order valence-electron chi connectivity index (χ3n) is 4.57. The van der Waals surface area contributed by atoms with E-state index >= 15 is 0 Å². The fourth-order valence-electron chi connectivity index (χ4n) is 2.77. The van der Waals surface area contributed by atoms with Crippen molar-refractivity contribution >= 4 is 40.4 Å². The number of aromatic hydroxyl groups is 1. The molecule has 37 heavy (non-hydrogen) atoms. The molecule has 1 amide bonds. The molecule has 0 unspecified atom stereocenters. The molecule has 2 aromatic carbocycles. The molecule has 0 saturated carbocycles. The van der Waals surface area contributed by atoms with E-state index in [4.69, 9.17) is 15.6 Å². The van der Waals surface area contributed by atoms with Crippen LogP contribution in [0.25, 0.3) is 0 Å². The molecule has 0 aliphatic heterocycles. The number of nitrogens with zero attached hydrogens (tertiary/aromatic N) is 4. The van der Waals surface area contributed by atoms with E-state index in [1.807, 2.05) is 0 Å². The molecule has 3 N–H and O–H groups in total. The van der Waals surface area contributed by atoms with Crippen LogP contribution in [0.5, 0.6) is 5.75 Å². The maximum atomic E-state index is 11.7. The maximum Gasteiger partial charge on any atom is 0.338 e. The number of anilines is 1. The number of phenols is 1. The van der Waals surface area contributed by atoms with Gasteiger partial charge in [0, 0.05) is 25.6 Å². The number of amides is 1. The van der Waals surface area contributed by atoms with Gasteiger partial charge in [0.25, 0.3) is 11.4 Å². The van der Waals surface area contributed by atoms with Gasteiger partial charge in [-0.25, -0.2) is 4.79 Å². The van der Waals surface area contributed by atoms with Gasteiger partial charge in [-0.2, -0.15) is 0 Å². The lowest BCUT2D eigenvalue weighted by Crippen LogP contribution is -2.31. The van der Waals surface area contributed by atoms with Crippen molar-refractivity contribution in [1.82, 2.24) is 0 Å². The number of benzene rings is 2. The number of rotatable bonds is 10. The standard InChI is InChI=1S/C15H20N2O4.C6H3N3O7/c1-3-21-15(20)12-4-6-13(7-5-12)17(11(2)18)9-8-14(19)10-16;10-6-4(8(13)14)1-3(7(11)12)2-5(6)9(15)16/h4-7H,3,8-10,16H2,1-2H3;1-2,10H. The number of nitro groups is 3. The second kappa shape index (κ2) is 13.8. The van der Waals surface area contributed by atoms with Gasteiger partial charge >= 0.3 is 17.3 Å². The first-order chi connectivity index (χ1) is 17.3. The molecule has 0 bridgehead atoms. The first kappa shape index (κ1) is 30.0. The van der Waals surface area contributed by atoms with Gasteiger partial charge in [-0.05, 0) is 31.2 Å². The number of carbonyl (C=O) groups is 3. The van der Waals surface area contributed by atoms with Gasteiger partial charge in [0.1, 0.15) is 5.78 Å². The minimum atomic E-state index is -1.21. The number of ether oxygens (including phenoxy) is 1. The molecule has 198 valence electrons. The Hall–Kier alpha value is -4.99. The van der Waals surface area contributed by atoms with Gasteiger partial charge in [0.2, 0.25) is 5.91 Å². The van der Waals surface area contributed by atoms with Crippen LogP contribution in [0.1, 0.15) is 30.6 Å². The monoisotopic (exact) mass is 521 g/mol. The van der Waals surface area contributed by atoms with E-state index in [-0.39, 0.29) is 31.2 Å². The molecule has 16 heteroatoms. The maximum absolute atomic E-state index is 11.7. The summed E-state index contributed by atoms with van der Waals surface area (Å²) in [5.41, 5.74) is 3.29. The highest BCUT2D eigenvalue weighted by Gasteiger charge is 2.30. The Balaban J connectivity index is 0.000000384. The summed E-state index contributed by atoms with van der Waals surface area (Å²) in [6.07, 6.45) is 0.204. The third kappa shape index (κ3) is 8.62. The molecule has 0 radical (unpaired) electrons. The van der Waals surface area contributed by atoms with E-state index < -0.39 is 43.6 Å². The minimum absolute atomic E-state index is 0.0342. The number of hydrogen-bond acceptors (Lipinski definition) is 12. The summed E-state index contributed by atoms with van der Waals surface area (Å²) in [5, 5.41) is 40.2. The topological polar surface area (TPSA) is 239 Å². The summed E-state index contributed by atoms with van der Waals surface area (Å²) in [6.45, 7) is 3.70. The number of Topliss-reactive ketones (excluding diaryl/α,β-unsaturated/α-hetero) is 1. The number of nitrogens with two attached hydrogens (primary N) is 1. The summed E-state index contributed by atoms with van der Waals surface area (Å²) < 4.78 is 4.89. The zero-order chi connectivity index (χ0) is 28.3. The first-order valence-electron chi connectivity index (χ1n) is 10.4. The molecule has 0 aliphatic rings. The minimum Gasteiger partial charge on any atom is -0.497 e. The number of nitro benzene ring substituents is 3. The Morgan fingerprint density at radius 1 is 0.973 bits per heavy atom. The second-order valence-corrected chi connectivity index (χ2v) is 7.03. The van der Waals surface area contributed by atoms with Gasteiger partial charge in [0.05, 0.1) is 45.6 Å². The van der Waals surface area contributed by atoms with E-state index in [1.54, 1.807) is 31.2 Å². The molecule has 2 rings (SSSR count). The first-order valence-corrected chi connectivity index (χ1v) is 10.4. The van der Waals surface area contributed by atoms with Crippen molar-refractivity contribution in [1.29, 1.82) is 0 Å². The zero-order valence-corrected chi connectivity index (χ0v) is 19.7. The summed E-state index contributed by atoms with van der Waals surface area (Å²) >= 11 is 0. The molecule has 0 atom stereocenters. The van der Waals surface area contributed by atoms with Crippen LogP contribution >= 0.6 is 0 Å². The van der Waals surface area contributed by atoms with Crippen LogP contribution in [-0.4, -0.2) is 57.2 Å². The third-order valence-corrected chi connectivity index (χ3v) is 4.57. The van der Waals surface area contributed by atoms with E-state index in [0.717, 1.165) is 0 Å². The van der Waals surface area contributed by atoms with E-state index in [2.05, 4.69) is 0 Å². The molecule has 0 spiro atoms. The highest BCUT2D eigenvalue weighted by molar-refractivity contribution is 5.94. The fraction of sp³-hybridized carbons (Fsp3) is 0.286. The van der Waals surface area contributed by atoms with Crippen molar-refractivity contribution in [2.45, 2.75) is 20.3 Å². The number of non-ortho nitro benzene ring substituents is 1. The Kier molecular flexibility index (Phi) is 11.2. The van der Waals surface area contributed by atoms with Crippen molar-refractivity contribution < 1.29 is 39.0 Å². The summed E-state index contributed by atoms with van der Waals surface area (Å²) in [7, 11) is 0. The van der Waals surface area contributed by atoms with Crippen LogP contribution < -0.4 is 10.6 Å². The highest BCUT2D eigenvalue weighted by atomic mass is 16.6.